The van der Waals surface area contributed by atoms with E-state index in [2.05, 4.69) is 227 Å². The first kappa shape index (κ1) is 34.2. The lowest BCUT2D eigenvalue weighted by molar-refractivity contribution is 1.37. The molecule has 294 valence electrons. The van der Waals surface area contributed by atoms with Crippen LogP contribution in [0, 0.1) is 0 Å². The van der Waals surface area contributed by atoms with Crippen LogP contribution in [-0.2, 0) is 0 Å². The van der Waals surface area contributed by atoms with E-state index in [0.29, 0.717) is 0 Å². The van der Waals surface area contributed by atoms with Crippen molar-refractivity contribution in [1.82, 2.24) is 8.80 Å². The summed E-state index contributed by atoms with van der Waals surface area (Å²) in [7, 11) is 0. The van der Waals surface area contributed by atoms with Crippen molar-refractivity contribution >= 4 is 97.7 Å². The lowest BCUT2D eigenvalue weighted by Gasteiger charge is -2.18. The highest BCUT2D eigenvalue weighted by Gasteiger charge is 2.25. The molecule has 11 aromatic carbocycles. The maximum atomic E-state index is 2.51. The molecular weight excluding hydrogens is 773 g/mol. The van der Waals surface area contributed by atoms with Gasteiger partial charge in [-0.25, -0.2) is 0 Å². The van der Waals surface area contributed by atoms with Gasteiger partial charge in [0.1, 0.15) is 0 Å². The van der Waals surface area contributed by atoms with Crippen molar-refractivity contribution in [2.75, 3.05) is 0 Å². The van der Waals surface area contributed by atoms with Crippen molar-refractivity contribution in [2.45, 2.75) is 0 Å². The summed E-state index contributed by atoms with van der Waals surface area (Å²) in [5.74, 6) is 0. The summed E-state index contributed by atoms with van der Waals surface area (Å²) in [5, 5.41) is 15.4. The van der Waals surface area contributed by atoms with Gasteiger partial charge >= 0.3 is 0 Å². The molecule has 0 saturated carbocycles. The lowest BCUT2D eigenvalue weighted by atomic mass is 9.84. The molecule has 4 heterocycles. The highest BCUT2D eigenvalue weighted by molar-refractivity contribution is 6.31. The van der Waals surface area contributed by atoms with Gasteiger partial charge in [0.15, 0.2) is 0 Å². The molecule has 0 bridgehead atoms. The van der Waals surface area contributed by atoms with Crippen LogP contribution < -0.4 is 0 Å². The Labute approximate surface area is 367 Å². The summed E-state index contributed by atoms with van der Waals surface area (Å²) in [5.41, 5.74) is 17.5. The predicted octanol–water partition coefficient (Wildman–Crippen LogP) is 17.0. The van der Waals surface area contributed by atoms with E-state index in [1.807, 2.05) is 0 Å². The Balaban J connectivity index is 1.08. The molecule has 64 heavy (non-hydrogen) atoms. The zero-order chi connectivity index (χ0) is 41.6. The second-order valence-corrected chi connectivity index (χ2v) is 17.5. The summed E-state index contributed by atoms with van der Waals surface area (Å²) < 4.78 is 4.99. The summed E-state index contributed by atoms with van der Waals surface area (Å²) in [6.45, 7) is 0. The average molecular weight is 809 g/mol. The highest BCUT2D eigenvalue weighted by Crippen LogP contribution is 2.50. The number of fused-ring (bicyclic) bond motifs is 14. The van der Waals surface area contributed by atoms with Crippen molar-refractivity contribution in [2.24, 2.45) is 0 Å². The van der Waals surface area contributed by atoms with Gasteiger partial charge in [0.2, 0.25) is 0 Å². The van der Waals surface area contributed by atoms with Gasteiger partial charge in [0, 0.05) is 43.1 Å². The van der Waals surface area contributed by atoms with Crippen LogP contribution in [0.15, 0.2) is 218 Å². The zero-order valence-corrected chi connectivity index (χ0v) is 34.7. The van der Waals surface area contributed by atoms with Gasteiger partial charge in [-0.2, -0.15) is 0 Å². The van der Waals surface area contributed by atoms with Gasteiger partial charge in [-0.15, -0.1) is 0 Å². The van der Waals surface area contributed by atoms with Crippen LogP contribution in [0.3, 0.4) is 0 Å². The number of hydrogen-bond acceptors (Lipinski definition) is 0. The molecule has 0 aliphatic rings. The SMILES string of the molecule is c1ccc(-c2ccc(-c3c4cccc(-c5ccc6c7ccccc7n7c8ccccc8c5c67)c4cc4c(-c5ccc6c7ccccc7n7c8ccccc8c5c67)cccc34)cc2)cc1. The van der Waals surface area contributed by atoms with Crippen LogP contribution in [0.4, 0.5) is 0 Å². The summed E-state index contributed by atoms with van der Waals surface area (Å²) in [4.78, 5) is 0. The molecule has 2 heteroatoms. The van der Waals surface area contributed by atoms with Crippen LogP contribution >= 0.6 is 0 Å². The average Bonchev–Trinajstić information content (AvgIpc) is 4.10. The van der Waals surface area contributed by atoms with Crippen LogP contribution in [0.5, 0.6) is 0 Å². The van der Waals surface area contributed by atoms with Crippen molar-refractivity contribution in [1.29, 1.82) is 0 Å². The number of para-hydroxylation sites is 4. The molecule has 15 rings (SSSR count). The van der Waals surface area contributed by atoms with Gasteiger partial charge < -0.3 is 8.80 Å². The fourth-order valence-electron chi connectivity index (χ4n) is 11.8. The molecule has 0 fully saturated rings. The Morgan fingerprint density at radius 3 is 1.11 bits per heavy atom. The van der Waals surface area contributed by atoms with E-state index >= 15 is 0 Å². The Kier molecular flexibility index (Phi) is 6.71. The standard InChI is InChI=1S/C62H36N2/c1-2-14-37(15-3-1)38-28-30-39(31-29-38)58-44-22-12-20-40(46-32-34-48-42-16-4-8-24-54(42)63-56-26-10-6-18-50(56)59(46)61(48)63)52(44)36-53-41(21-13-23-45(53)58)47-33-35-49-43-17-5-9-25-55(43)64-57-27-11-7-19-51(57)60(47)62(49)64/h1-36H. The Hall–Kier alpha value is -8.46. The van der Waals surface area contributed by atoms with Gasteiger partial charge in [-0.05, 0) is 96.4 Å². The third-order valence-electron chi connectivity index (χ3n) is 14.4. The Morgan fingerprint density at radius 1 is 0.219 bits per heavy atom. The monoisotopic (exact) mass is 808 g/mol. The topological polar surface area (TPSA) is 8.82 Å². The predicted molar refractivity (Wildman–Crippen MR) is 273 cm³/mol. The fourth-order valence-corrected chi connectivity index (χ4v) is 11.8. The van der Waals surface area contributed by atoms with Crippen LogP contribution in [0.1, 0.15) is 0 Å². The Bertz CT molecular complexity index is 4150. The van der Waals surface area contributed by atoms with Gasteiger partial charge in [-0.1, -0.05) is 188 Å². The number of rotatable bonds is 4. The number of nitrogens with zero attached hydrogens (tertiary/aromatic N) is 2. The number of hydrogen-bond donors (Lipinski definition) is 0. The molecule has 0 unspecified atom stereocenters. The molecule has 4 aromatic heterocycles. The quantitative estimate of drug-likeness (QED) is 0.157. The van der Waals surface area contributed by atoms with Gasteiger partial charge in [0.25, 0.3) is 0 Å². The van der Waals surface area contributed by atoms with Crippen LogP contribution in [0.2, 0.25) is 0 Å². The maximum absolute atomic E-state index is 2.51. The third-order valence-corrected chi connectivity index (χ3v) is 14.4. The minimum Gasteiger partial charge on any atom is -0.308 e. The summed E-state index contributed by atoms with van der Waals surface area (Å²) in [6.07, 6.45) is 0. The highest BCUT2D eigenvalue weighted by atomic mass is 14.9. The minimum atomic E-state index is 1.21. The van der Waals surface area contributed by atoms with Crippen molar-refractivity contribution in [3.8, 4) is 44.5 Å². The first-order chi connectivity index (χ1) is 31.8. The van der Waals surface area contributed by atoms with E-state index in [0.717, 1.165) is 0 Å². The maximum Gasteiger partial charge on any atom is 0.0626 e. The minimum absolute atomic E-state index is 1.21. The smallest absolute Gasteiger partial charge is 0.0626 e. The lowest BCUT2D eigenvalue weighted by Crippen LogP contribution is -1.91. The van der Waals surface area contributed by atoms with Gasteiger partial charge in [0.05, 0.1) is 33.1 Å². The normalized spacial score (nSPS) is 12.4. The third kappa shape index (κ3) is 4.39. The number of benzene rings is 11. The molecule has 2 nitrogen and oxygen atoms in total. The first-order valence-corrected chi connectivity index (χ1v) is 22.3. The van der Waals surface area contributed by atoms with E-state index in [1.54, 1.807) is 0 Å². The van der Waals surface area contributed by atoms with E-state index in [-0.39, 0.29) is 0 Å². The largest absolute Gasteiger partial charge is 0.308 e. The molecular formula is C62H36N2. The van der Waals surface area contributed by atoms with Crippen molar-refractivity contribution < 1.29 is 0 Å². The molecule has 0 atom stereocenters. The number of aromatic nitrogens is 2. The molecule has 0 aliphatic heterocycles. The van der Waals surface area contributed by atoms with Crippen LogP contribution in [0.25, 0.3) is 142 Å². The van der Waals surface area contributed by atoms with E-state index < -0.39 is 0 Å². The van der Waals surface area contributed by atoms with Crippen LogP contribution in [-0.4, -0.2) is 8.80 Å². The molecule has 0 saturated heterocycles. The second-order valence-electron chi connectivity index (χ2n) is 17.5. The molecule has 15 aromatic rings. The van der Waals surface area contributed by atoms with Gasteiger partial charge in [-0.3, -0.25) is 0 Å². The van der Waals surface area contributed by atoms with Crippen molar-refractivity contribution in [3.05, 3.63) is 218 Å². The summed E-state index contributed by atoms with van der Waals surface area (Å²) in [6, 6.07) is 81.5. The molecule has 0 amide bonds. The van der Waals surface area contributed by atoms with E-state index in [4.69, 9.17) is 0 Å². The summed E-state index contributed by atoms with van der Waals surface area (Å²) >= 11 is 0. The molecule has 0 spiro atoms. The molecule has 0 aliphatic carbocycles. The van der Waals surface area contributed by atoms with E-state index in [9.17, 15) is 0 Å². The zero-order valence-electron chi connectivity index (χ0n) is 34.7. The first-order valence-electron chi connectivity index (χ1n) is 22.3. The Morgan fingerprint density at radius 2 is 0.609 bits per heavy atom. The second kappa shape index (κ2) is 12.6. The molecule has 0 radical (unpaired) electrons. The molecule has 0 N–H and O–H groups in total. The van der Waals surface area contributed by atoms with E-state index in [1.165, 1.54) is 142 Å². The fraction of sp³-hybridized carbons (Fsp3) is 0. The van der Waals surface area contributed by atoms with Crippen molar-refractivity contribution in [3.63, 3.8) is 0 Å².